The van der Waals surface area contributed by atoms with E-state index in [0.29, 0.717) is 5.76 Å². The third-order valence-electron chi connectivity index (χ3n) is 1.36. The number of hydrogen-bond donors (Lipinski definition) is 0. The summed E-state index contributed by atoms with van der Waals surface area (Å²) < 4.78 is 4.90. The maximum atomic E-state index is 9.92. The van der Waals surface area contributed by atoms with Crippen LogP contribution < -0.4 is 0 Å². The fourth-order valence-corrected chi connectivity index (χ4v) is 0.960. The van der Waals surface area contributed by atoms with Gasteiger partial charge in [-0.1, -0.05) is 18.2 Å². The van der Waals surface area contributed by atoms with Crippen LogP contribution in [0.15, 0.2) is 41.1 Å². The molecule has 0 spiro atoms. The SMILES string of the molecule is O=C=NC1C=CC=C(OP)C=C1. The van der Waals surface area contributed by atoms with Gasteiger partial charge in [-0.2, -0.15) is 4.99 Å². The van der Waals surface area contributed by atoms with Crippen LogP contribution in [0.5, 0.6) is 0 Å². The van der Waals surface area contributed by atoms with Gasteiger partial charge in [-0.05, 0) is 12.2 Å². The number of nitrogens with zero attached hydrogens (tertiary/aromatic N) is 1. The Hall–Kier alpha value is -1.17. The van der Waals surface area contributed by atoms with Gasteiger partial charge in [0.15, 0.2) is 0 Å². The summed E-state index contributed by atoms with van der Waals surface area (Å²) in [6.45, 7) is 0. The lowest BCUT2D eigenvalue weighted by Crippen LogP contribution is -1.92. The average Bonchev–Trinajstić information content (AvgIpc) is 2.31. The molecule has 0 heterocycles. The van der Waals surface area contributed by atoms with Crippen LogP contribution in [0.2, 0.25) is 0 Å². The normalized spacial score (nSPS) is 20.8. The molecule has 0 aromatic heterocycles. The van der Waals surface area contributed by atoms with Crippen molar-refractivity contribution in [3.05, 3.63) is 36.1 Å². The molecule has 62 valence electrons. The highest BCUT2D eigenvalue weighted by molar-refractivity contribution is 7.10. The van der Waals surface area contributed by atoms with E-state index in [-0.39, 0.29) is 6.04 Å². The first kappa shape index (κ1) is 8.92. The zero-order valence-electron chi connectivity index (χ0n) is 6.31. The lowest BCUT2D eigenvalue weighted by atomic mass is 10.3. The lowest BCUT2D eigenvalue weighted by Gasteiger charge is -1.95. The van der Waals surface area contributed by atoms with Crippen molar-refractivity contribution in [2.75, 3.05) is 0 Å². The van der Waals surface area contributed by atoms with Gasteiger partial charge >= 0.3 is 0 Å². The Labute approximate surface area is 72.8 Å². The quantitative estimate of drug-likeness (QED) is 0.368. The van der Waals surface area contributed by atoms with Gasteiger partial charge in [-0.25, -0.2) is 4.79 Å². The Morgan fingerprint density at radius 2 is 2.42 bits per heavy atom. The molecule has 0 N–H and O–H groups in total. The molecule has 1 aliphatic carbocycles. The highest BCUT2D eigenvalue weighted by Crippen LogP contribution is 2.10. The molecule has 2 atom stereocenters. The Morgan fingerprint density at radius 1 is 1.58 bits per heavy atom. The summed E-state index contributed by atoms with van der Waals surface area (Å²) in [6, 6.07) is -0.226. The van der Waals surface area contributed by atoms with E-state index >= 15 is 0 Å². The van der Waals surface area contributed by atoms with E-state index in [9.17, 15) is 4.79 Å². The van der Waals surface area contributed by atoms with E-state index in [4.69, 9.17) is 4.52 Å². The van der Waals surface area contributed by atoms with E-state index < -0.39 is 0 Å². The van der Waals surface area contributed by atoms with Crippen molar-refractivity contribution in [1.29, 1.82) is 0 Å². The van der Waals surface area contributed by atoms with Gasteiger partial charge in [0, 0.05) is 0 Å². The monoisotopic (exact) mass is 181 g/mol. The Morgan fingerprint density at radius 3 is 3.08 bits per heavy atom. The number of allylic oxidation sites excluding steroid dienone is 3. The van der Waals surface area contributed by atoms with E-state index in [0.717, 1.165) is 0 Å². The molecule has 3 nitrogen and oxygen atoms in total. The van der Waals surface area contributed by atoms with E-state index in [1.165, 1.54) is 6.08 Å². The van der Waals surface area contributed by atoms with Gasteiger partial charge in [0.2, 0.25) is 6.08 Å². The van der Waals surface area contributed by atoms with Crippen molar-refractivity contribution in [3.63, 3.8) is 0 Å². The zero-order valence-corrected chi connectivity index (χ0v) is 7.46. The molecule has 2 unspecified atom stereocenters. The van der Waals surface area contributed by atoms with Crippen molar-refractivity contribution in [3.8, 4) is 0 Å². The van der Waals surface area contributed by atoms with Crippen molar-refractivity contribution in [2.45, 2.75) is 6.04 Å². The average molecular weight is 181 g/mol. The summed E-state index contributed by atoms with van der Waals surface area (Å²) >= 11 is 0. The van der Waals surface area contributed by atoms with Gasteiger partial charge in [0.05, 0.1) is 15.5 Å². The lowest BCUT2D eigenvalue weighted by molar-refractivity contribution is 0.520. The minimum Gasteiger partial charge on any atom is -0.480 e. The van der Waals surface area contributed by atoms with Gasteiger partial charge in [-0.3, -0.25) is 0 Å². The third-order valence-corrected chi connectivity index (χ3v) is 1.64. The second-order valence-electron chi connectivity index (χ2n) is 2.14. The standard InChI is InChI=1S/C8H8NO2P/c10-6-9-7-2-1-3-8(11-12)5-4-7/h1-5,7H,12H2. The summed E-state index contributed by atoms with van der Waals surface area (Å²) in [4.78, 5) is 13.5. The molecular formula is C8H8NO2P. The summed E-state index contributed by atoms with van der Waals surface area (Å²) in [5.41, 5.74) is 0. The summed E-state index contributed by atoms with van der Waals surface area (Å²) in [5.74, 6) is 0.708. The topological polar surface area (TPSA) is 38.7 Å². The van der Waals surface area contributed by atoms with Crippen LogP contribution in [-0.2, 0) is 9.32 Å². The fourth-order valence-electron chi connectivity index (χ4n) is 0.803. The zero-order chi connectivity index (χ0) is 8.81. The summed E-state index contributed by atoms with van der Waals surface area (Å²) in [7, 11) is 2.15. The van der Waals surface area contributed by atoms with Crippen LogP contribution in [-0.4, -0.2) is 12.1 Å². The van der Waals surface area contributed by atoms with Crippen molar-refractivity contribution in [1.82, 2.24) is 0 Å². The number of hydrogen-bond acceptors (Lipinski definition) is 3. The smallest absolute Gasteiger partial charge is 0.235 e. The van der Waals surface area contributed by atoms with Crippen molar-refractivity contribution in [2.24, 2.45) is 4.99 Å². The van der Waals surface area contributed by atoms with Crippen molar-refractivity contribution < 1.29 is 9.32 Å². The first-order chi connectivity index (χ1) is 5.86. The second-order valence-corrected chi connectivity index (χ2v) is 2.38. The number of isocyanates is 1. The first-order valence-electron chi connectivity index (χ1n) is 3.37. The molecule has 0 amide bonds. The van der Waals surface area contributed by atoms with E-state index in [2.05, 4.69) is 14.5 Å². The molecule has 1 rings (SSSR count). The molecule has 0 aromatic rings. The molecule has 0 aromatic carbocycles. The number of aliphatic imine (C=N–C) groups is 1. The van der Waals surface area contributed by atoms with Crippen molar-refractivity contribution >= 4 is 15.5 Å². The van der Waals surface area contributed by atoms with Crippen LogP contribution >= 0.6 is 9.47 Å². The van der Waals surface area contributed by atoms with Crippen LogP contribution in [0.25, 0.3) is 0 Å². The van der Waals surface area contributed by atoms with Crippen LogP contribution in [0.3, 0.4) is 0 Å². The molecule has 12 heavy (non-hydrogen) atoms. The van der Waals surface area contributed by atoms with Crippen LogP contribution in [0.1, 0.15) is 0 Å². The highest BCUT2D eigenvalue weighted by Gasteiger charge is 1.99. The summed E-state index contributed by atoms with van der Waals surface area (Å²) in [5, 5.41) is 0. The molecule has 0 radical (unpaired) electrons. The van der Waals surface area contributed by atoms with Gasteiger partial charge < -0.3 is 4.52 Å². The van der Waals surface area contributed by atoms with Crippen LogP contribution in [0, 0.1) is 0 Å². The highest BCUT2D eigenvalue weighted by atomic mass is 31.0. The molecule has 4 heteroatoms. The second kappa shape index (κ2) is 4.66. The van der Waals surface area contributed by atoms with E-state index in [1.807, 2.05) is 0 Å². The number of carbonyl (C=O) groups excluding carboxylic acids is 1. The Bertz CT molecular complexity index is 287. The third kappa shape index (κ3) is 2.46. The predicted octanol–water partition coefficient (Wildman–Crippen LogP) is 1.51. The molecule has 0 fully saturated rings. The fraction of sp³-hybridized carbons (Fsp3) is 0.125. The molecule has 1 aliphatic rings. The maximum absolute atomic E-state index is 9.92. The van der Waals surface area contributed by atoms with Gasteiger partial charge in [-0.15, -0.1) is 0 Å². The van der Waals surface area contributed by atoms with Crippen LogP contribution in [0.4, 0.5) is 0 Å². The molecule has 0 saturated heterocycles. The first-order valence-corrected chi connectivity index (χ1v) is 3.84. The van der Waals surface area contributed by atoms with Gasteiger partial charge in [0.1, 0.15) is 5.76 Å². The van der Waals surface area contributed by atoms with Gasteiger partial charge in [0.25, 0.3) is 0 Å². The molecule has 0 bridgehead atoms. The Kier molecular flexibility index (Phi) is 3.46. The Balaban J connectivity index is 2.75. The summed E-state index contributed by atoms with van der Waals surface area (Å²) in [6.07, 6.45) is 10.3. The largest absolute Gasteiger partial charge is 0.480 e. The molecule has 0 saturated carbocycles. The minimum absolute atomic E-state index is 0.226. The maximum Gasteiger partial charge on any atom is 0.235 e. The minimum atomic E-state index is -0.226. The molecular weight excluding hydrogens is 173 g/mol. The number of rotatable bonds is 2. The van der Waals surface area contributed by atoms with E-state index in [1.54, 1.807) is 30.4 Å². The molecule has 0 aliphatic heterocycles. The predicted molar refractivity (Wildman–Crippen MR) is 49.1 cm³/mol.